The first-order valence-electron chi connectivity index (χ1n) is 9.46. The predicted molar refractivity (Wildman–Crippen MR) is 105 cm³/mol. The summed E-state index contributed by atoms with van der Waals surface area (Å²) in [7, 11) is 0. The molecule has 0 saturated heterocycles. The summed E-state index contributed by atoms with van der Waals surface area (Å²) in [5.74, 6) is 1.26. The minimum absolute atomic E-state index is 0.209. The van der Waals surface area contributed by atoms with Gasteiger partial charge in [-0.1, -0.05) is 13.0 Å². The molecule has 0 bridgehead atoms. The van der Waals surface area contributed by atoms with E-state index in [1.54, 1.807) is 11.3 Å². The molecule has 2 aliphatic rings. The Bertz CT molecular complexity index is 906. The molecule has 1 N–H and O–H groups in total. The number of benzene rings is 1. The maximum atomic E-state index is 12.4. The lowest BCUT2D eigenvalue weighted by Crippen LogP contribution is -2.31. The summed E-state index contributed by atoms with van der Waals surface area (Å²) in [6, 6.07) is 5.30. The predicted octanol–water partition coefficient (Wildman–Crippen LogP) is 3.64. The Labute approximate surface area is 167 Å². The molecule has 0 radical (unpaired) electrons. The molecule has 0 saturated carbocycles. The van der Waals surface area contributed by atoms with Gasteiger partial charge in [0.05, 0.1) is 11.6 Å². The molecule has 148 valence electrons. The largest absolute Gasteiger partial charge is 0.454 e. The number of amides is 1. The molecule has 0 fully saturated rings. The van der Waals surface area contributed by atoms with Crippen molar-refractivity contribution in [1.82, 2.24) is 5.32 Å². The van der Waals surface area contributed by atoms with Gasteiger partial charge in [0.25, 0.3) is 5.91 Å². The monoisotopic (exact) mass is 401 g/mol. The standard InChI is InChI=1S/C21H23NO5S/c1-12-3-5-15-16(10-28-19(15)7-12)21(24)25-9-20(23)22-13(2)14-4-6-17-18(8-14)27-11-26-17/h4,6,8,10,12-13H,3,5,7,9,11H2,1-2H3,(H,22,23). The van der Waals surface area contributed by atoms with Crippen molar-refractivity contribution in [1.29, 1.82) is 0 Å². The van der Waals surface area contributed by atoms with Crippen LogP contribution < -0.4 is 14.8 Å². The Morgan fingerprint density at radius 2 is 2.14 bits per heavy atom. The first-order valence-corrected chi connectivity index (χ1v) is 10.3. The van der Waals surface area contributed by atoms with Crippen LogP contribution in [0, 0.1) is 5.92 Å². The molecule has 1 aromatic carbocycles. The average molecular weight is 401 g/mol. The molecule has 2 atom stereocenters. The summed E-state index contributed by atoms with van der Waals surface area (Å²) < 4.78 is 15.9. The van der Waals surface area contributed by atoms with Crippen LogP contribution in [0.25, 0.3) is 0 Å². The van der Waals surface area contributed by atoms with Gasteiger partial charge in [-0.3, -0.25) is 4.79 Å². The van der Waals surface area contributed by atoms with Crippen LogP contribution in [0.2, 0.25) is 0 Å². The fraction of sp³-hybridized carbons (Fsp3) is 0.429. The number of thiophene rings is 1. The van der Waals surface area contributed by atoms with E-state index in [9.17, 15) is 9.59 Å². The van der Waals surface area contributed by atoms with Gasteiger partial charge < -0.3 is 19.5 Å². The van der Waals surface area contributed by atoms with E-state index in [-0.39, 0.29) is 25.3 Å². The van der Waals surface area contributed by atoms with Gasteiger partial charge in [-0.05, 0) is 55.4 Å². The highest BCUT2D eigenvalue weighted by Crippen LogP contribution is 2.34. The zero-order chi connectivity index (χ0) is 19.7. The van der Waals surface area contributed by atoms with Crippen molar-refractivity contribution in [3.05, 3.63) is 45.1 Å². The molecular formula is C21H23NO5S. The van der Waals surface area contributed by atoms with Crippen LogP contribution in [-0.4, -0.2) is 25.3 Å². The van der Waals surface area contributed by atoms with E-state index in [0.717, 1.165) is 30.4 Å². The topological polar surface area (TPSA) is 73.9 Å². The maximum absolute atomic E-state index is 12.4. The highest BCUT2D eigenvalue weighted by molar-refractivity contribution is 7.10. The zero-order valence-corrected chi connectivity index (χ0v) is 16.8. The van der Waals surface area contributed by atoms with E-state index >= 15 is 0 Å². The number of esters is 1. The van der Waals surface area contributed by atoms with Crippen molar-refractivity contribution in [3.63, 3.8) is 0 Å². The SMILES string of the molecule is CC1CCc2c(C(=O)OCC(=O)NC(C)c3ccc4c(c3)OCO4)csc2C1. The summed E-state index contributed by atoms with van der Waals surface area (Å²) in [6.45, 7) is 4.01. The van der Waals surface area contributed by atoms with Crippen molar-refractivity contribution in [3.8, 4) is 11.5 Å². The van der Waals surface area contributed by atoms with Crippen molar-refractivity contribution in [2.24, 2.45) is 5.92 Å². The van der Waals surface area contributed by atoms with Gasteiger partial charge in [0.2, 0.25) is 6.79 Å². The number of carbonyl (C=O) groups excluding carboxylic acids is 2. The Hall–Kier alpha value is -2.54. The van der Waals surface area contributed by atoms with Crippen LogP contribution in [0.4, 0.5) is 0 Å². The Morgan fingerprint density at radius 1 is 1.32 bits per heavy atom. The van der Waals surface area contributed by atoms with Gasteiger partial charge in [-0.25, -0.2) is 4.79 Å². The second kappa shape index (κ2) is 7.83. The maximum Gasteiger partial charge on any atom is 0.339 e. The molecule has 1 aliphatic heterocycles. The number of nitrogens with one attached hydrogen (secondary N) is 1. The minimum atomic E-state index is -0.419. The van der Waals surface area contributed by atoms with E-state index in [0.29, 0.717) is 23.0 Å². The zero-order valence-electron chi connectivity index (χ0n) is 15.9. The molecule has 1 aromatic heterocycles. The molecule has 2 heterocycles. The Morgan fingerprint density at radius 3 is 3.00 bits per heavy atom. The summed E-state index contributed by atoms with van der Waals surface area (Å²) in [6.07, 6.45) is 3.00. The van der Waals surface area contributed by atoms with Crippen molar-refractivity contribution in [2.75, 3.05) is 13.4 Å². The van der Waals surface area contributed by atoms with Crippen LogP contribution in [0.1, 0.15) is 52.7 Å². The third-order valence-corrected chi connectivity index (χ3v) is 6.28. The summed E-state index contributed by atoms with van der Waals surface area (Å²) in [5, 5.41) is 4.71. The Balaban J connectivity index is 1.31. The van der Waals surface area contributed by atoms with Gasteiger partial charge in [-0.15, -0.1) is 11.3 Å². The minimum Gasteiger partial charge on any atom is -0.454 e. The molecule has 6 nitrogen and oxygen atoms in total. The van der Waals surface area contributed by atoms with E-state index in [2.05, 4.69) is 12.2 Å². The molecule has 4 rings (SSSR count). The van der Waals surface area contributed by atoms with Gasteiger partial charge in [0.1, 0.15) is 0 Å². The first kappa shape index (κ1) is 18.8. The van der Waals surface area contributed by atoms with Crippen LogP contribution >= 0.6 is 11.3 Å². The molecule has 2 aromatic rings. The number of hydrogen-bond donors (Lipinski definition) is 1. The van der Waals surface area contributed by atoms with Gasteiger partial charge in [0, 0.05) is 10.3 Å². The Kier molecular flexibility index (Phi) is 5.26. The molecule has 0 spiro atoms. The van der Waals surface area contributed by atoms with E-state index in [1.807, 2.05) is 30.5 Å². The molecule has 1 amide bonds. The highest BCUT2D eigenvalue weighted by Gasteiger charge is 2.24. The molecule has 28 heavy (non-hydrogen) atoms. The van der Waals surface area contributed by atoms with Crippen LogP contribution in [0.15, 0.2) is 23.6 Å². The average Bonchev–Trinajstić information content (AvgIpc) is 3.31. The molecular weight excluding hydrogens is 378 g/mol. The fourth-order valence-corrected chi connectivity index (χ4v) is 4.84. The van der Waals surface area contributed by atoms with Crippen LogP contribution in [0.3, 0.4) is 0 Å². The lowest BCUT2D eigenvalue weighted by molar-refractivity contribution is -0.124. The number of ether oxygens (including phenoxy) is 3. The number of hydrogen-bond acceptors (Lipinski definition) is 6. The fourth-order valence-electron chi connectivity index (χ4n) is 3.61. The smallest absolute Gasteiger partial charge is 0.339 e. The normalized spacial score (nSPS) is 18.3. The number of fused-ring (bicyclic) bond motifs is 2. The summed E-state index contributed by atoms with van der Waals surface area (Å²) >= 11 is 1.61. The van der Waals surface area contributed by atoms with Gasteiger partial charge in [0.15, 0.2) is 18.1 Å². The highest BCUT2D eigenvalue weighted by atomic mass is 32.1. The molecule has 1 aliphatic carbocycles. The van der Waals surface area contributed by atoms with Crippen LogP contribution in [-0.2, 0) is 22.4 Å². The molecule has 7 heteroatoms. The second-order valence-corrected chi connectivity index (χ2v) is 8.34. The van der Waals surface area contributed by atoms with E-state index in [4.69, 9.17) is 14.2 Å². The van der Waals surface area contributed by atoms with Gasteiger partial charge >= 0.3 is 5.97 Å². The second-order valence-electron chi connectivity index (χ2n) is 7.38. The summed E-state index contributed by atoms with van der Waals surface area (Å²) in [4.78, 5) is 25.9. The third-order valence-electron chi connectivity index (χ3n) is 5.23. The van der Waals surface area contributed by atoms with Crippen LogP contribution in [0.5, 0.6) is 11.5 Å². The number of carbonyl (C=O) groups is 2. The van der Waals surface area contributed by atoms with Crippen molar-refractivity contribution >= 4 is 23.2 Å². The quantitative estimate of drug-likeness (QED) is 0.775. The number of rotatable bonds is 5. The molecule has 2 unspecified atom stereocenters. The summed E-state index contributed by atoms with van der Waals surface area (Å²) in [5.41, 5.74) is 2.61. The van der Waals surface area contributed by atoms with Gasteiger partial charge in [-0.2, -0.15) is 0 Å². The lowest BCUT2D eigenvalue weighted by atomic mass is 9.88. The third kappa shape index (κ3) is 3.85. The van der Waals surface area contributed by atoms with E-state index < -0.39 is 5.97 Å². The van der Waals surface area contributed by atoms with E-state index in [1.165, 1.54) is 4.88 Å². The van der Waals surface area contributed by atoms with Crippen molar-refractivity contribution in [2.45, 2.75) is 39.2 Å². The first-order chi connectivity index (χ1) is 13.5. The van der Waals surface area contributed by atoms with Crippen molar-refractivity contribution < 1.29 is 23.8 Å². The lowest BCUT2D eigenvalue weighted by Gasteiger charge is -2.18.